The average Bonchev–Trinajstić information content (AvgIpc) is 2.58. The molecule has 3 rings (SSSR count). The quantitative estimate of drug-likeness (QED) is 0.800. The van der Waals surface area contributed by atoms with Crippen LogP contribution in [-0.2, 0) is 25.4 Å². The number of halogens is 1. The minimum Gasteiger partial charge on any atom is -0.478 e. The first-order valence-corrected chi connectivity index (χ1v) is 11.1. The molecule has 0 saturated heterocycles. The molecule has 0 spiro atoms. The Hall–Kier alpha value is -2.10. The Bertz CT molecular complexity index is 1170. The van der Waals surface area contributed by atoms with Crippen LogP contribution >= 0.6 is 11.6 Å². The number of rotatable bonds is 2. The topological polar surface area (TPSA) is 115 Å². The largest absolute Gasteiger partial charge is 0.478 e. The van der Waals surface area contributed by atoms with E-state index in [0.29, 0.717) is 5.56 Å². The number of benzene rings is 2. The highest BCUT2D eigenvalue weighted by Crippen LogP contribution is 2.42. The van der Waals surface area contributed by atoms with Gasteiger partial charge in [0.1, 0.15) is 16.4 Å². The van der Waals surface area contributed by atoms with E-state index in [0.717, 1.165) is 18.4 Å². The molecule has 0 aliphatic carbocycles. The predicted octanol–water partition coefficient (Wildman–Crippen LogP) is 2.83. The second kappa shape index (κ2) is 5.97. The molecule has 1 aliphatic rings. The summed E-state index contributed by atoms with van der Waals surface area (Å²) in [6.07, 6.45) is 1.02. The number of carboxylic acid groups (broad SMARTS) is 1. The molecule has 1 aliphatic heterocycles. The fraction of sp³-hybridized carbons (Fsp3) is 0.188. The number of fused-ring (bicyclic) bond motifs is 2. The first-order valence-electron chi connectivity index (χ1n) is 7.21. The van der Waals surface area contributed by atoms with E-state index in [1.54, 1.807) is 6.92 Å². The minimum atomic E-state index is -3.99. The Labute approximate surface area is 155 Å². The van der Waals surface area contributed by atoms with Gasteiger partial charge in [-0.15, -0.1) is 0 Å². The predicted molar refractivity (Wildman–Crippen MR) is 93.7 cm³/mol. The summed E-state index contributed by atoms with van der Waals surface area (Å²) < 4.78 is 54.9. The summed E-state index contributed by atoms with van der Waals surface area (Å²) in [4.78, 5) is 10.9. The molecule has 0 unspecified atom stereocenters. The van der Waals surface area contributed by atoms with Crippen LogP contribution in [0.4, 0.5) is 0 Å². The van der Waals surface area contributed by atoms with Gasteiger partial charge in [-0.3, -0.25) is 0 Å². The third kappa shape index (κ3) is 3.17. The van der Waals surface area contributed by atoms with Gasteiger partial charge in [0.15, 0.2) is 19.7 Å². The third-order valence-corrected chi connectivity index (χ3v) is 6.99. The van der Waals surface area contributed by atoms with E-state index in [1.807, 2.05) is 0 Å². The van der Waals surface area contributed by atoms with Crippen molar-refractivity contribution >= 4 is 37.2 Å². The van der Waals surface area contributed by atoms with Gasteiger partial charge in [-0.25, -0.2) is 21.6 Å². The molecule has 0 atom stereocenters. The van der Waals surface area contributed by atoms with Crippen molar-refractivity contribution in [3.05, 3.63) is 46.0 Å². The zero-order valence-electron chi connectivity index (χ0n) is 13.6. The van der Waals surface area contributed by atoms with E-state index < -0.39 is 31.4 Å². The molecule has 2 aromatic carbocycles. The van der Waals surface area contributed by atoms with Crippen LogP contribution in [-0.4, -0.2) is 34.2 Å². The van der Waals surface area contributed by atoms with Crippen molar-refractivity contribution in [1.82, 2.24) is 0 Å². The van der Waals surface area contributed by atoms with Crippen LogP contribution in [0.2, 0.25) is 5.02 Å². The van der Waals surface area contributed by atoms with E-state index in [-0.39, 0.29) is 37.4 Å². The highest BCUT2D eigenvalue weighted by molar-refractivity contribution is 7.91. The van der Waals surface area contributed by atoms with Gasteiger partial charge in [0.25, 0.3) is 0 Å². The minimum absolute atomic E-state index is 0.0252. The molecule has 1 heterocycles. The maximum atomic E-state index is 12.7. The zero-order valence-corrected chi connectivity index (χ0v) is 16.0. The molecular formula is C16H13ClO7S2. The first kappa shape index (κ1) is 18.7. The molecule has 0 saturated carbocycles. The van der Waals surface area contributed by atoms with Crippen LogP contribution < -0.4 is 4.74 Å². The third-order valence-electron chi connectivity index (χ3n) is 3.91. The van der Waals surface area contributed by atoms with Crippen molar-refractivity contribution in [2.75, 3.05) is 6.26 Å². The molecule has 10 heteroatoms. The second-order valence-electron chi connectivity index (χ2n) is 5.95. The van der Waals surface area contributed by atoms with E-state index in [2.05, 4.69) is 0 Å². The number of carboxylic acids is 1. The highest BCUT2D eigenvalue weighted by Gasteiger charge is 2.31. The molecule has 2 aromatic rings. The normalized spacial score (nSPS) is 15.3. The van der Waals surface area contributed by atoms with Gasteiger partial charge < -0.3 is 9.84 Å². The van der Waals surface area contributed by atoms with Gasteiger partial charge in [0, 0.05) is 17.9 Å². The van der Waals surface area contributed by atoms with Crippen molar-refractivity contribution < 1.29 is 31.5 Å². The van der Waals surface area contributed by atoms with Crippen molar-refractivity contribution in [3.63, 3.8) is 0 Å². The number of aromatic carboxylic acids is 1. The summed E-state index contributed by atoms with van der Waals surface area (Å²) in [6.45, 7) is 1.60. The molecule has 0 bridgehead atoms. The summed E-state index contributed by atoms with van der Waals surface area (Å²) >= 11 is 5.92. The maximum absolute atomic E-state index is 12.7. The lowest BCUT2D eigenvalue weighted by atomic mass is 10.1. The lowest BCUT2D eigenvalue weighted by Gasteiger charge is -2.13. The van der Waals surface area contributed by atoms with Crippen LogP contribution in [0.1, 0.15) is 21.5 Å². The summed E-state index contributed by atoms with van der Waals surface area (Å²) in [5.41, 5.74) is 0.246. The average molecular weight is 417 g/mol. The van der Waals surface area contributed by atoms with Gasteiger partial charge >= 0.3 is 5.97 Å². The van der Waals surface area contributed by atoms with E-state index in [1.165, 1.54) is 12.1 Å². The Kier molecular flexibility index (Phi) is 4.29. The summed E-state index contributed by atoms with van der Waals surface area (Å²) in [5, 5.41) is 9.00. The molecule has 1 N–H and O–H groups in total. The van der Waals surface area contributed by atoms with Gasteiger partial charge in [-0.1, -0.05) is 11.6 Å². The van der Waals surface area contributed by atoms with E-state index >= 15 is 0 Å². The number of hydrogen-bond donors (Lipinski definition) is 1. The van der Waals surface area contributed by atoms with Crippen LogP contribution in [0.25, 0.3) is 0 Å². The van der Waals surface area contributed by atoms with Gasteiger partial charge in [0.05, 0.1) is 21.2 Å². The molecule has 0 fully saturated rings. The molecule has 0 amide bonds. The van der Waals surface area contributed by atoms with Crippen LogP contribution in [0.5, 0.6) is 11.5 Å². The zero-order chi connectivity index (χ0) is 19.4. The number of aryl methyl sites for hydroxylation is 1. The van der Waals surface area contributed by atoms with E-state index in [9.17, 15) is 21.6 Å². The lowest BCUT2D eigenvalue weighted by molar-refractivity contribution is 0.0696. The van der Waals surface area contributed by atoms with Crippen LogP contribution in [0.3, 0.4) is 0 Å². The smallest absolute Gasteiger partial charge is 0.337 e. The standard InChI is InChI=1S/C16H13ClO7S2/c1-8-3-10(25(2,20)21)4-9-7-26(22,23)14-5-11(16(18)19)12(17)6-13(14)24-15(8)9/h3-6H,7H2,1-2H3,(H,18,19). The Balaban J connectivity index is 2.30. The van der Waals surface area contributed by atoms with E-state index in [4.69, 9.17) is 21.4 Å². The monoisotopic (exact) mass is 416 g/mol. The molecular weight excluding hydrogens is 404 g/mol. The molecule has 138 valence electrons. The van der Waals surface area contributed by atoms with Crippen molar-refractivity contribution in [1.29, 1.82) is 0 Å². The fourth-order valence-electron chi connectivity index (χ4n) is 2.69. The SMILES string of the molecule is Cc1cc(S(C)(=O)=O)cc2c1Oc1cc(Cl)c(C(=O)O)cc1S(=O)(=O)C2. The molecule has 7 nitrogen and oxygen atoms in total. The van der Waals surface area contributed by atoms with Crippen LogP contribution in [0, 0.1) is 6.92 Å². The summed E-state index contributed by atoms with van der Waals surface area (Å²) in [6, 6.07) is 4.73. The molecule has 0 radical (unpaired) electrons. The number of carbonyl (C=O) groups is 1. The summed E-state index contributed by atoms with van der Waals surface area (Å²) in [5.74, 6) is -1.79. The van der Waals surface area contributed by atoms with Gasteiger partial charge in [-0.05, 0) is 30.7 Å². The maximum Gasteiger partial charge on any atom is 0.337 e. The van der Waals surface area contributed by atoms with Crippen molar-refractivity contribution in [2.45, 2.75) is 22.5 Å². The van der Waals surface area contributed by atoms with Gasteiger partial charge in [-0.2, -0.15) is 0 Å². The molecule has 26 heavy (non-hydrogen) atoms. The van der Waals surface area contributed by atoms with Crippen molar-refractivity contribution in [2.24, 2.45) is 0 Å². The Morgan fingerprint density at radius 3 is 2.46 bits per heavy atom. The number of sulfone groups is 2. The van der Waals surface area contributed by atoms with Gasteiger partial charge in [0.2, 0.25) is 0 Å². The van der Waals surface area contributed by atoms with Crippen LogP contribution in [0.15, 0.2) is 34.1 Å². The fourth-order valence-corrected chi connectivity index (χ4v) is 5.16. The van der Waals surface area contributed by atoms with Crippen molar-refractivity contribution in [3.8, 4) is 11.5 Å². The number of ether oxygens (including phenoxy) is 1. The second-order valence-corrected chi connectivity index (χ2v) is 10.3. The highest BCUT2D eigenvalue weighted by atomic mass is 35.5. The first-order chi connectivity index (χ1) is 11.9. The Morgan fingerprint density at radius 2 is 1.88 bits per heavy atom. The number of hydrogen-bond acceptors (Lipinski definition) is 6. The lowest BCUT2D eigenvalue weighted by Crippen LogP contribution is -2.07. The summed E-state index contributed by atoms with van der Waals surface area (Å²) in [7, 11) is -7.53. The Morgan fingerprint density at radius 1 is 1.23 bits per heavy atom. The molecule has 0 aromatic heterocycles.